The summed E-state index contributed by atoms with van der Waals surface area (Å²) in [4.78, 5) is 24.4. The van der Waals surface area contributed by atoms with Crippen LogP contribution in [0.4, 0.5) is 14.5 Å². The Morgan fingerprint density at radius 1 is 1.08 bits per heavy atom. The van der Waals surface area contributed by atoms with Crippen molar-refractivity contribution >= 4 is 17.6 Å². The summed E-state index contributed by atoms with van der Waals surface area (Å²) >= 11 is 0. The molecule has 0 saturated carbocycles. The van der Waals surface area contributed by atoms with Gasteiger partial charge in [-0.15, -0.1) is 0 Å². The summed E-state index contributed by atoms with van der Waals surface area (Å²) < 4.78 is 34.2. The van der Waals surface area contributed by atoms with Gasteiger partial charge in [-0.05, 0) is 44.5 Å². The molecule has 1 amide bonds. The van der Waals surface area contributed by atoms with Crippen LogP contribution in [0.2, 0.25) is 0 Å². The number of halogens is 2. The second-order valence-electron chi connectivity index (χ2n) is 5.73. The molecule has 0 aliphatic carbocycles. The molecule has 0 fully saturated rings. The van der Waals surface area contributed by atoms with E-state index in [1.54, 1.807) is 6.07 Å². The minimum absolute atomic E-state index is 0.182. The lowest BCUT2D eigenvalue weighted by molar-refractivity contribution is -0.123. The number of esters is 1. The number of benzene rings is 2. The zero-order valence-corrected chi connectivity index (χ0v) is 14.6. The topological polar surface area (TPSA) is 64.6 Å². The molecular formula is C19H19F2NO4. The quantitative estimate of drug-likeness (QED) is 0.785. The Kier molecular flexibility index (Phi) is 6.27. The van der Waals surface area contributed by atoms with Crippen LogP contribution < -0.4 is 10.1 Å². The van der Waals surface area contributed by atoms with Crippen LogP contribution in [0.3, 0.4) is 0 Å². The van der Waals surface area contributed by atoms with Crippen LogP contribution in [0.5, 0.6) is 5.75 Å². The zero-order valence-electron chi connectivity index (χ0n) is 14.6. The molecule has 26 heavy (non-hydrogen) atoms. The average molecular weight is 363 g/mol. The molecule has 7 heteroatoms. The van der Waals surface area contributed by atoms with E-state index in [0.717, 1.165) is 11.1 Å². The second-order valence-corrected chi connectivity index (χ2v) is 5.73. The summed E-state index contributed by atoms with van der Waals surface area (Å²) in [5.41, 5.74) is 2.34. The molecule has 1 N–H and O–H groups in total. The highest BCUT2D eigenvalue weighted by Crippen LogP contribution is 2.22. The van der Waals surface area contributed by atoms with Gasteiger partial charge in [0.2, 0.25) is 0 Å². The Morgan fingerprint density at radius 2 is 1.77 bits per heavy atom. The number of anilines is 1. The maximum Gasteiger partial charge on any atom is 0.387 e. The Labute approximate surface area is 149 Å². The average Bonchev–Trinajstić information content (AvgIpc) is 2.57. The highest BCUT2D eigenvalue weighted by Gasteiger charge is 2.22. The van der Waals surface area contributed by atoms with Crippen LogP contribution in [-0.2, 0) is 9.53 Å². The van der Waals surface area contributed by atoms with Crippen LogP contribution in [0.25, 0.3) is 0 Å². The predicted octanol–water partition coefficient (Wildman–Crippen LogP) is 4.09. The Bertz CT molecular complexity index is 808. The summed E-state index contributed by atoms with van der Waals surface area (Å²) in [6.45, 7) is 2.10. The van der Waals surface area contributed by atoms with Crippen LogP contribution in [-0.4, -0.2) is 24.6 Å². The molecule has 2 aromatic carbocycles. The van der Waals surface area contributed by atoms with E-state index >= 15 is 0 Å². The van der Waals surface area contributed by atoms with Crippen LogP contribution >= 0.6 is 0 Å². The zero-order chi connectivity index (χ0) is 19.3. The lowest BCUT2D eigenvalue weighted by atomic mass is 10.1. The van der Waals surface area contributed by atoms with Gasteiger partial charge in [-0.3, -0.25) is 4.79 Å². The number of para-hydroxylation sites is 1. The number of hydrogen-bond donors (Lipinski definition) is 1. The summed E-state index contributed by atoms with van der Waals surface area (Å²) in [5.74, 6) is -1.77. The standard InChI is InChI=1S/C19H19F2NO4/c1-11-8-9-15(12(2)10-11)22-17(23)13(3)25-18(24)14-6-4-5-7-16(14)26-19(20)21/h4-10,13,19H,1-3H3,(H,22,23)/t13-/m0/s1. The van der Waals surface area contributed by atoms with Crippen molar-refractivity contribution in [3.8, 4) is 5.75 Å². The fourth-order valence-corrected chi connectivity index (χ4v) is 2.30. The summed E-state index contributed by atoms with van der Waals surface area (Å²) in [6, 6.07) is 10.9. The number of ether oxygens (including phenoxy) is 2. The highest BCUT2D eigenvalue weighted by molar-refractivity contribution is 5.98. The summed E-state index contributed by atoms with van der Waals surface area (Å²) in [7, 11) is 0. The van der Waals surface area contributed by atoms with E-state index in [4.69, 9.17) is 4.74 Å². The van der Waals surface area contributed by atoms with E-state index in [1.165, 1.54) is 31.2 Å². The molecule has 0 aromatic heterocycles. The van der Waals surface area contributed by atoms with Gasteiger partial charge >= 0.3 is 12.6 Å². The van der Waals surface area contributed by atoms with Gasteiger partial charge < -0.3 is 14.8 Å². The summed E-state index contributed by atoms with van der Waals surface area (Å²) in [5, 5.41) is 2.67. The molecule has 2 aromatic rings. The fraction of sp³-hybridized carbons (Fsp3) is 0.263. The number of hydrogen-bond acceptors (Lipinski definition) is 4. The number of amides is 1. The van der Waals surface area contributed by atoms with Crippen molar-refractivity contribution in [2.24, 2.45) is 0 Å². The minimum atomic E-state index is -3.07. The SMILES string of the molecule is Cc1ccc(NC(=O)[C@H](C)OC(=O)c2ccccc2OC(F)F)c(C)c1. The van der Waals surface area contributed by atoms with Crippen molar-refractivity contribution in [1.82, 2.24) is 0 Å². The third-order valence-electron chi connectivity index (χ3n) is 3.62. The lowest BCUT2D eigenvalue weighted by Gasteiger charge is -2.16. The largest absolute Gasteiger partial charge is 0.449 e. The Hall–Kier alpha value is -2.96. The second kappa shape index (κ2) is 8.42. The van der Waals surface area contributed by atoms with Crippen molar-refractivity contribution in [3.05, 3.63) is 59.2 Å². The van der Waals surface area contributed by atoms with E-state index in [0.29, 0.717) is 5.69 Å². The molecule has 0 heterocycles. The smallest absolute Gasteiger partial charge is 0.387 e. The van der Waals surface area contributed by atoms with E-state index < -0.39 is 24.6 Å². The molecule has 0 aliphatic rings. The number of aryl methyl sites for hydroxylation is 2. The molecule has 0 unspecified atom stereocenters. The fourth-order valence-electron chi connectivity index (χ4n) is 2.30. The van der Waals surface area contributed by atoms with Crippen LogP contribution in [0.1, 0.15) is 28.4 Å². The molecule has 0 aliphatic heterocycles. The minimum Gasteiger partial charge on any atom is -0.449 e. The van der Waals surface area contributed by atoms with Gasteiger partial charge in [-0.25, -0.2) is 4.79 Å². The first-order chi connectivity index (χ1) is 12.3. The monoisotopic (exact) mass is 363 g/mol. The van der Waals surface area contributed by atoms with Gasteiger partial charge in [0.1, 0.15) is 11.3 Å². The van der Waals surface area contributed by atoms with E-state index in [-0.39, 0.29) is 11.3 Å². The molecule has 0 spiro atoms. The maximum absolute atomic E-state index is 12.4. The van der Waals surface area contributed by atoms with Gasteiger partial charge in [0.25, 0.3) is 5.91 Å². The normalized spacial score (nSPS) is 11.8. The molecule has 5 nitrogen and oxygen atoms in total. The highest BCUT2D eigenvalue weighted by atomic mass is 19.3. The number of rotatable bonds is 6. The van der Waals surface area contributed by atoms with Crippen molar-refractivity contribution in [2.75, 3.05) is 5.32 Å². The van der Waals surface area contributed by atoms with E-state index in [9.17, 15) is 18.4 Å². The van der Waals surface area contributed by atoms with Gasteiger partial charge in [-0.2, -0.15) is 8.78 Å². The van der Waals surface area contributed by atoms with Crippen LogP contribution in [0.15, 0.2) is 42.5 Å². The molecule has 2 rings (SSSR count). The van der Waals surface area contributed by atoms with E-state index in [2.05, 4.69) is 10.1 Å². The molecule has 0 radical (unpaired) electrons. The predicted molar refractivity (Wildman–Crippen MR) is 92.5 cm³/mol. The van der Waals surface area contributed by atoms with Crippen molar-refractivity contribution < 1.29 is 27.8 Å². The van der Waals surface area contributed by atoms with Gasteiger partial charge in [0, 0.05) is 5.69 Å². The number of carbonyl (C=O) groups excluding carboxylic acids is 2. The number of nitrogens with one attached hydrogen (secondary N) is 1. The number of alkyl halides is 2. The van der Waals surface area contributed by atoms with Gasteiger partial charge in [0.15, 0.2) is 6.10 Å². The van der Waals surface area contributed by atoms with E-state index in [1.807, 2.05) is 26.0 Å². The van der Waals surface area contributed by atoms with Crippen molar-refractivity contribution in [1.29, 1.82) is 0 Å². The van der Waals surface area contributed by atoms with Crippen LogP contribution in [0, 0.1) is 13.8 Å². The first-order valence-corrected chi connectivity index (χ1v) is 7.91. The third kappa shape index (κ3) is 5.02. The maximum atomic E-state index is 12.4. The summed E-state index contributed by atoms with van der Waals surface area (Å²) in [6.07, 6.45) is -1.12. The van der Waals surface area contributed by atoms with Gasteiger partial charge in [0.05, 0.1) is 0 Å². The Morgan fingerprint density at radius 3 is 2.42 bits per heavy atom. The van der Waals surface area contributed by atoms with Crippen molar-refractivity contribution in [3.63, 3.8) is 0 Å². The lowest BCUT2D eigenvalue weighted by Crippen LogP contribution is -2.30. The molecule has 138 valence electrons. The first kappa shape index (κ1) is 19.4. The molecule has 0 bridgehead atoms. The number of carbonyl (C=O) groups is 2. The van der Waals surface area contributed by atoms with Crippen molar-refractivity contribution in [2.45, 2.75) is 33.5 Å². The molecule has 0 saturated heterocycles. The third-order valence-corrected chi connectivity index (χ3v) is 3.62. The molecular weight excluding hydrogens is 344 g/mol. The first-order valence-electron chi connectivity index (χ1n) is 7.91. The van der Waals surface area contributed by atoms with Gasteiger partial charge in [-0.1, -0.05) is 29.8 Å². The molecule has 1 atom stereocenters. The Balaban J connectivity index is 2.06.